The Balaban J connectivity index is 2.16. The van der Waals surface area contributed by atoms with Crippen molar-refractivity contribution in [1.82, 2.24) is 4.31 Å². The summed E-state index contributed by atoms with van der Waals surface area (Å²) in [7, 11) is -1.96. The molecule has 1 N–H and O–H groups in total. The molecular weight excluding hydrogens is 450 g/mol. The summed E-state index contributed by atoms with van der Waals surface area (Å²) in [5.41, 5.74) is -0.763. The predicted molar refractivity (Wildman–Crippen MR) is 107 cm³/mol. The van der Waals surface area contributed by atoms with Gasteiger partial charge >= 0.3 is 5.97 Å². The van der Waals surface area contributed by atoms with E-state index < -0.39 is 54.7 Å². The van der Waals surface area contributed by atoms with Crippen molar-refractivity contribution in [3.8, 4) is 11.5 Å². The first-order chi connectivity index (χ1) is 15.0. The van der Waals surface area contributed by atoms with E-state index in [1.54, 1.807) is 6.07 Å². The number of ether oxygens (including phenoxy) is 2. The molecule has 1 atom stereocenters. The van der Waals surface area contributed by atoms with Crippen LogP contribution >= 0.6 is 0 Å². The second-order valence-electron chi connectivity index (χ2n) is 6.75. The number of fused-ring (bicyclic) bond motifs is 1. The van der Waals surface area contributed by atoms with Crippen LogP contribution in [-0.4, -0.2) is 53.9 Å². The molecule has 32 heavy (non-hydrogen) atoms. The van der Waals surface area contributed by atoms with Gasteiger partial charge in [0.05, 0.1) is 30.1 Å². The van der Waals surface area contributed by atoms with Crippen molar-refractivity contribution in [2.45, 2.75) is 23.9 Å². The fourth-order valence-corrected chi connectivity index (χ4v) is 5.16. The molecule has 0 unspecified atom stereocenters. The summed E-state index contributed by atoms with van der Waals surface area (Å²) in [6.45, 7) is -0.414. The molecular formula is C18H17N3O10S. The molecule has 1 aliphatic rings. The molecule has 0 aliphatic carbocycles. The van der Waals surface area contributed by atoms with Gasteiger partial charge in [0.15, 0.2) is 16.4 Å². The number of nitrogens with zero attached hydrogens (tertiary/aromatic N) is 3. The summed E-state index contributed by atoms with van der Waals surface area (Å²) in [6.07, 6.45) is -0.231. The van der Waals surface area contributed by atoms with Crippen LogP contribution in [0.4, 0.5) is 11.4 Å². The maximum atomic E-state index is 13.3. The zero-order chi connectivity index (χ0) is 23.8. The number of nitro benzene ring substituents is 2. The molecule has 3 rings (SSSR count). The molecule has 14 heteroatoms. The van der Waals surface area contributed by atoms with Crippen molar-refractivity contribution >= 4 is 27.4 Å². The Kier molecular flexibility index (Phi) is 6.00. The molecule has 0 fully saturated rings. The number of hydrogen-bond acceptors (Lipinski definition) is 9. The van der Waals surface area contributed by atoms with Crippen molar-refractivity contribution in [2.75, 3.05) is 14.2 Å². The van der Waals surface area contributed by atoms with Crippen LogP contribution in [0.1, 0.15) is 11.1 Å². The maximum Gasteiger partial charge on any atom is 0.322 e. The van der Waals surface area contributed by atoms with Gasteiger partial charge in [-0.25, -0.2) is 8.42 Å². The number of carboxylic acid groups (broad SMARTS) is 1. The van der Waals surface area contributed by atoms with Gasteiger partial charge in [-0.15, -0.1) is 0 Å². The van der Waals surface area contributed by atoms with Gasteiger partial charge in [0, 0.05) is 19.0 Å². The highest BCUT2D eigenvalue weighted by Gasteiger charge is 2.43. The first kappa shape index (κ1) is 22.9. The van der Waals surface area contributed by atoms with Gasteiger partial charge in [0.2, 0.25) is 0 Å². The maximum absolute atomic E-state index is 13.3. The average Bonchev–Trinajstić information content (AvgIpc) is 2.76. The minimum Gasteiger partial charge on any atom is -0.493 e. The molecule has 2 aromatic rings. The number of non-ortho nitro benzene ring substituents is 1. The van der Waals surface area contributed by atoms with Crippen molar-refractivity contribution in [2.24, 2.45) is 0 Å². The Labute approximate surface area is 181 Å². The molecule has 2 aromatic carbocycles. The van der Waals surface area contributed by atoms with E-state index in [4.69, 9.17) is 9.47 Å². The predicted octanol–water partition coefficient (Wildman–Crippen LogP) is 1.72. The Morgan fingerprint density at radius 3 is 2.16 bits per heavy atom. The molecule has 0 amide bonds. The molecule has 13 nitrogen and oxygen atoms in total. The average molecular weight is 467 g/mol. The van der Waals surface area contributed by atoms with E-state index in [1.807, 2.05) is 0 Å². The summed E-state index contributed by atoms with van der Waals surface area (Å²) < 4.78 is 37.7. The Morgan fingerprint density at radius 2 is 1.66 bits per heavy atom. The van der Waals surface area contributed by atoms with Gasteiger partial charge in [0.1, 0.15) is 6.04 Å². The zero-order valence-electron chi connectivity index (χ0n) is 16.7. The van der Waals surface area contributed by atoms with Gasteiger partial charge < -0.3 is 14.6 Å². The molecule has 0 radical (unpaired) electrons. The molecule has 1 heterocycles. The van der Waals surface area contributed by atoms with Crippen LogP contribution in [0.2, 0.25) is 0 Å². The van der Waals surface area contributed by atoms with Crippen LogP contribution in [0.15, 0.2) is 35.2 Å². The van der Waals surface area contributed by atoms with Crippen LogP contribution in [0.5, 0.6) is 11.5 Å². The highest BCUT2D eigenvalue weighted by molar-refractivity contribution is 7.89. The number of rotatable bonds is 7. The zero-order valence-corrected chi connectivity index (χ0v) is 17.6. The molecule has 0 bridgehead atoms. The fourth-order valence-electron chi connectivity index (χ4n) is 3.46. The van der Waals surface area contributed by atoms with Crippen LogP contribution in [0, 0.1) is 20.2 Å². The summed E-state index contributed by atoms with van der Waals surface area (Å²) >= 11 is 0. The number of methoxy groups -OCH3 is 2. The first-order valence-corrected chi connectivity index (χ1v) is 10.4. The number of benzene rings is 2. The number of carboxylic acids is 1. The normalized spacial score (nSPS) is 16.1. The van der Waals surface area contributed by atoms with Gasteiger partial charge in [-0.05, 0) is 29.3 Å². The summed E-state index contributed by atoms with van der Waals surface area (Å²) in [6, 6.07) is 3.53. The Hall–Kier alpha value is -3.78. The van der Waals surface area contributed by atoms with E-state index >= 15 is 0 Å². The van der Waals surface area contributed by atoms with E-state index in [1.165, 1.54) is 20.3 Å². The fraction of sp³-hybridized carbons (Fsp3) is 0.278. The third kappa shape index (κ3) is 3.92. The van der Waals surface area contributed by atoms with E-state index in [-0.39, 0.29) is 6.42 Å². The van der Waals surface area contributed by atoms with E-state index in [0.717, 1.165) is 12.1 Å². The minimum absolute atomic E-state index is 0.231. The SMILES string of the molecule is COc1cc2c(cc1OC)CN(S(=O)(=O)c1ccc([N+](=O)[O-])cc1[N+](=O)[O-])[C@@H](C(=O)O)C2. The lowest BCUT2D eigenvalue weighted by atomic mass is 9.95. The van der Waals surface area contributed by atoms with Gasteiger partial charge in [-0.1, -0.05) is 0 Å². The quantitative estimate of drug-likeness (QED) is 0.465. The van der Waals surface area contributed by atoms with Crippen molar-refractivity contribution < 1.29 is 37.6 Å². The largest absolute Gasteiger partial charge is 0.493 e. The Bertz CT molecular complexity index is 1230. The van der Waals surface area contributed by atoms with E-state index in [9.17, 15) is 38.5 Å². The number of carbonyl (C=O) groups is 1. The van der Waals surface area contributed by atoms with Gasteiger partial charge in [-0.2, -0.15) is 4.31 Å². The van der Waals surface area contributed by atoms with Crippen molar-refractivity contribution in [1.29, 1.82) is 0 Å². The lowest BCUT2D eigenvalue weighted by Gasteiger charge is -2.33. The highest BCUT2D eigenvalue weighted by Crippen LogP contribution is 2.38. The monoisotopic (exact) mass is 467 g/mol. The number of hydrogen-bond donors (Lipinski definition) is 1. The smallest absolute Gasteiger partial charge is 0.322 e. The summed E-state index contributed by atoms with van der Waals surface area (Å²) in [4.78, 5) is 31.5. The van der Waals surface area contributed by atoms with Crippen LogP contribution in [0.3, 0.4) is 0 Å². The number of nitro groups is 2. The minimum atomic E-state index is -4.74. The number of aliphatic carboxylic acids is 1. The van der Waals surface area contributed by atoms with Gasteiger partial charge in [-0.3, -0.25) is 25.0 Å². The van der Waals surface area contributed by atoms with Crippen molar-refractivity contribution in [3.63, 3.8) is 0 Å². The van der Waals surface area contributed by atoms with Crippen molar-refractivity contribution in [3.05, 3.63) is 61.7 Å². The molecule has 0 saturated heterocycles. The lowest BCUT2D eigenvalue weighted by molar-refractivity contribution is -0.396. The van der Waals surface area contributed by atoms with Crippen LogP contribution in [-0.2, 0) is 27.8 Å². The lowest BCUT2D eigenvalue weighted by Crippen LogP contribution is -2.48. The molecule has 0 aromatic heterocycles. The van der Waals surface area contributed by atoms with Crippen LogP contribution < -0.4 is 9.47 Å². The molecule has 1 aliphatic heterocycles. The van der Waals surface area contributed by atoms with E-state index in [2.05, 4.69) is 0 Å². The second-order valence-corrected chi connectivity index (χ2v) is 8.61. The Morgan fingerprint density at radius 1 is 1.06 bits per heavy atom. The van der Waals surface area contributed by atoms with Gasteiger partial charge in [0.25, 0.3) is 21.4 Å². The summed E-state index contributed by atoms with van der Waals surface area (Å²) in [5.74, 6) is -0.838. The van der Waals surface area contributed by atoms with E-state index in [0.29, 0.717) is 33.0 Å². The highest BCUT2D eigenvalue weighted by atomic mass is 32.2. The molecule has 0 spiro atoms. The second kappa shape index (κ2) is 8.39. The summed E-state index contributed by atoms with van der Waals surface area (Å²) in [5, 5.41) is 32.1. The topological polar surface area (TPSA) is 179 Å². The third-order valence-corrected chi connectivity index (χ3v) is 6.92. The molecule has 0 saturated carbocycles. The first-order valence-electron chi connectivity index (χ1n) is 8.92. The number of sulfonamides is 1. The van der Waals surface area contributed by atoms with Crippen LogP contribution in [0.25, 0.3) is 0 Å². The third-order valence-electron chi connectivity index (χ3n) is 5.01. The standard InChI is InChI=1S/C18H17N3O10S/c1-30-15-6-10-5-14(18(22)23)19(9-11(10)7-16(15)31-2)32(28,29)17-4-3-12(20(24)25)8-13(17)21(26)27/h3-4,6-8,14H,5,9H2,1-2H3,(H,22,23)/t14-/m1/s1. The molecule has 170 valence electrons.